The third kappa shape index (κ3) is 3.98. The molecular weight excluding hydrogens is 373 g/mol. The molecule has 1 aliphatic heterocycles. The molecule has 2 heterocycles. The van der Waals surface area contributed by atoms with Crippen molar-refractivity contribution in [1.82, 2.24) is 15.1 Å². The Hall–Kier alpha value is -0.540. The van der Waals surface area contributed by atoms with Crippen LogP contribution >= 0.6 is 40.7 Å². The van der Waals surface area contributed by atoms with E-state index in [4.69, 9.17) is 10.8 Å². The fraction of sp³-hybridized carbons (Fsp3) is 0.600. The second-order valence-electron chi connectivity index (χ2n) is 4.12. The zero-order chi connectivity index (χ0) is 13.1. The first kappa shape index (κ1) is 19.5. The number of aromatic nitrogens is 2. The van der Waals surface area contributed by atoms with E-state index in [1.165, 1.54) is 0 Å². The van der Waals surface area contributed by atoms with Crippen molar-refractivity contribution in [3.8, 4) is 0 Å². The fourth-order valence-corrected chi connectivity index (χ4v) is 2.64. The molecule has 1 amide bonds. The lowest BCUT2D eigenvalue weighted by Crippen LogP contribution is -2.20. The maximum absolute atomic E-state index is 11.5. The van der Waals surface area contributed by atoms with Crippen molar-refractivity contribution in [1.29, 1.82) is 0 Å². The molecule has 116 valence electrons. The molecule has 0 unspecified atom stereocenters. The number of nitrogens with two attached hydrogens (primary N) is 1. The molecule has 5 N–H and O–H groups in total. The molecule has 1 aromatic rings. The van der Waals surface area contributed by atoms with Crippen molar-refractivity contribution in [2.45, 2.75) is 12.5 Å². The highest BCUT2D eigenvalue weighted by molar-refractivity contribution is 9.10. The van der Waals surface area contributed by atoms with Crippen molar-refractivity contribution in [2.75, 3.05) is 31.6 Å². The first-order chi connectivity index (χ1) is 8.65. The van der Waals surface area contributed by atoms with Gasteiger partial charge in [-0.1, -0.05) is 0 Å². The van der Waals surface area contributed by atoms with Gasteiger partial charge in [0.2, 0.25) is 0 Å². The second-order valence-corrected chi connectivity index (χ2v) is 4.87. The third-order valence-electron chi connectivity index (χ3n) is 2.90. The maximum Gasteiger partial charge on any atom is 0.255 e. The Morgan fingerprint density at radius 2 is 2.30 bits per heavy atom. The van der Waals surface area contributed by atoms with Gasteiger partial charge in [-0.3, -0.25) is 4.79 Å². The van der Waals surface area contributed by atoms with E-state index in [-0.39, 0.29) is 37.5 Å². The van der Waals surface area contributed by atoms with Crippen molar-refractivity contribution in [2.24, 2.45) is 5.73 Å². The predicted molar refractivity (Wildman–Crippen MR) is 85.0 cm³/mol. The zero-order valence-corrected chi connectivity index (χ0v) is 13.9. The summed E-state index contributed by atoms with van der Waals surface area (Å²) in [5.74, 6) is 0.0247. The summed E-state index contributed by atoms with van der Waals surface area (Å²) in [4.78, 5) is 11.5. The summed E-state index contributed by atoms with van der Waals surface area (Å²) in [6.45, 7) is 2.05. The maximum atomic E-state index is 11.5. The summed E-state index contributed by atoms with van der Waals surface area (Å²) in [7, 11) is 0. The van der Waals surface area contributed by atoms with Crippen LogP contribution in [0.1, 0.15) is 22.8 Å². The highest BCUT2D eigenvalue weighted by Crippen LogP contribution is 2.29. The molecule has 7 nitrogen and oxygen atoms in total. The van der Waals surface area contributed by atoms with Crippen LogP contribution in [0, 0.1) is 0 Å². The van der Waals surface area contributed by atoms with E-state index in [1.54, 1.807) is 4.68 Å². The number of primary amides is 1. The number of carbonyl (C=O) groups excluding carboxylic acids is 1. The molecule has 1 fully saturated rings. The average Bonchev–Trinajstić information content (AvgIpc) is 2.92. The van der Waals surface area contributed by atoms with Crippen molar-refractivity contribution in [3.05, 3.63) is 10.2 Å². The van der Waals surface area contributed by atoms with Gasteiger partial charge in [0.25, 0.3) is 5.91 Å². The summed E-state index contributed by atoms with van der Waals surface area (Å²) in [6, 6.07) is 0.190. The highest BCUT2D eigenvalue weighted by atomic mass is 79.9. The predicted octanol–water partition coefficient (Wildman–Crippen LogP) is 0.527. The molecule has 0 saturated carbocycles. The van der Waals surface area contributed by atoms with E-state index in [0.717, 1.165) is 19.5 Å². The minimum atomic E-state index is -0.542. The number of nitrogens with zero attached hydrogens (tertiary/aromatic N) is 2. The number of halogens is 3. The molecule has 0 radical (unpaired) electrons. The summed E-state index contributed by atoms with van der Waals surface area (Å²) >= 11 is 3.25. The Morgan fingerprint density at radius 1 is 1.60 bits per heavy atom. The third-order valence-corrected chi connectivity index (χ3v) is 3.45. The lowest BCUT2D eigenvalue weighted by Gasteiger charge is -2.15. The van der Waals surface area contributed by atoms with Crippen LogP contribution in [0.2, 0.25) is 0 Å². The molecule has 2 rings (SSSR count). The Balaban J connectivity index is 0.00000180. The van der Waals surface area contributed by atoms with Gasteiger partial charge in [-0.05, 0) is 28.9 Å². The highest BCUT2D eigenvalue weighted by Gasteiger charge is 2.26. The number of hydrogen-bond acceptors (Lipinski definition) is 5. The van der Waals surface area contributed by atoms with E-state index in [0.29, 0.717) is 22.5 Å². The lowest BCUT2D eigenvalue weighted by atomic mass is 10.2. The SMILES string of the molecule is Cl.Cl.NC(=O)c1c(Br)nn([C@H]2CCNC2)c1NCCO. The summed E-state index contributed by atoms with van der Waals surface area (Å²) in [5, 5.41) is 19.4. The van der Waals surface area contributed by atoms with E-state index in [2.05, 4.69) is 31.7 Å². The van der Waals surface area contributed by atoms with Crippen molar-refractivity contribution >= 4 is 52.5 Å². The first-order valence-electron chi connectivity index (χ1n) is 5.78. The van der Waals surface area contributed by atoms with Gasteiger partial charge in [0.05, 0.1) is 12.6 Å². The van der Waals surface area contributed by atoms with Crippen LogP contribution in [0.3, 0.4) is 0 Å². The smallest absolute Gasteiger partial charge is 0.255 e. The normalized spacial score (nSPS) is 17.2. The van der Waals surface area contributed by atoms with E-state index in [1.807, 2.05) is 0 Å². The quantitative estimate of drug-likeness (QED) is 0.586. The molecule has 0 spiro atoms. The van der Waals surface area contributed by atoms with Gasteiger partial charge in [-0.15, -0.1) is 24.8 Å². The minimum absolute atomic E-state index is 0. The molecule has 10 heteroatoms. The van der Waals surface area contributed by atoms with Crippen LogP contribution in [0.5, 0.6) is 0 Å². The summed E-state index contributed by atoms with van der Waals surface area (Å²) in [6.07, 6.45) is 0.945. The molecule has 1 aliphatic rings. The average molecular weight is 391 g/mol. The van der Waals surface area contributed by atoms with Crippen LogP contribution in [0.25, 0.3) is 0 Å². The molecule has 20 heavy (non-hydrogen) atoms. The van der Waals surface area contributed by atoms with Crippen molar-refractivity contribution in [3.63, 3.8) is 0 Å². The van der Waals surface area contributed by atoms with Gasteiger partial charge in [-0.2, -0.15) is 5.10 Å². The molecule has 0 aromatic carbocycles. The monoisotopic (exact) mass is 389 g/mol. The number of rotatable bonds is 5. The molecular formula is C10H18BrCl2N5O2. The number of aliphatic hydroxyl groups is 1. The van der Waals surface area contributed by atoms with Gasteiger partial charge in [0.15, 0.2) is 0 Å². The van der Waals surface area contributed by atoms with Gasteiger partial charge in [0.1, 0.15) is 16.0 Å². The minimum Gasteiger partial charge on any atom is -0.395 e. The topological polar surface area (TPSA) is 105 Å². The fourth-order valence-electron chi connectivity index (χ4n) is 2.08. The second kappa shape index (κ2) is 8.68. The van der Waals surface area contributed by atoms with Gasteiger partial charge in [-0.25, -0.2) is 4.68 Å². The van der Waals surface area contributed by atoms with E-state index < -0.39 is 5.91 Å². The number of amides is 1. The number of carbonyl (C=O) groups is 1. The van der Waals surface area contributed by atoms with Crippen LogP contribution in [0.15, 0.2) is 4.60 Å². The Morgan fingerprint density at radius 3 is 2.80 bits per heavy atom. The van der Waals surface area contributed by atoms with Crippen LogP contribution in [-0.4, -0.2) is 47.0 Å². The molecule has 1 atom stereocenters. The Labute approximate surface area is 137 Å². The van der Waals surface area contributed by atoms with Gasteiger partial charge >= 0.3 is 0 Å². The first-order valence-corrected chi connectivity index (χ1v) is 6.57. The number of anilines is 1. The summed E-state index contributed by atoms with van der Waals surface area (Å²) in [5.41, 5.74) is 5.69. The van der Waals surface area contributed by atoms with Crippen LogP contribution < -0.4 is 16.4 Å². The zero-order valence-electron chi connectivity index (χ0n) is 10.6. The largest absolute Gasteiger partial charge is 0.395 e. The van der Waals surface area contributed by atoms with Gasteiger partial charge in [0, 0.05) is 13.1 Å². The summed E-state index contributed by atoms with van der Waals surface area (Å²) < 4.78 is 2.20. The molecule has 1 aromatic heterocycles. The lowest BCUT2D eigenvalue weighted by molar-refractivity contribution is 0.1000. The van der Waals surface area contributed by atoms with E-state index >= 15 is 0 Å². The van der Waals surface area contributed by atoms with Crippen LogP contribution in [0.4, 0.5) is 5.82 Å². The molecule has 0 bridgehead atoms. The standard InChI is InChI=1S/C10H16BrN5O2.2ClH/c11-8-7(9(12)18)10(14-3-4-17)16(15-8)6-1-2-13-5-6;;/h6,13-14,17H,1-5H2,(H2,12,18);2*1H/t6-;;/m0../s1. The Bertz CT molecular complexity index is 451. The molecule has 0 aliphatic carbocycles. The number of aliphatic hydroxyl groups excluding tert-OH is 1. The van der Waals surface area contributed by atoms with Gasteiger partial charge < -0.3 is 21.5 Å². The number of hydrogen-bond donors (Lipinski definition) is 4. The van der Waals surface area contributed by atoms with Crippen molar-refractivity contribution < 1.29 is 9.90 Å². The number of nitrogens with one attached hydrogen (secondary N) is 2. The molecule has 1 saturated heterocycles. The van der Waals surface area contributed by atoms with Crippen LogP contribution in [-0.2, 0) is 0 Å². The Kier molecular flexibility index (Phi) is 8.45. The van der Waals surface area contributed by atoms with E-state index in [9.17, 15) is 4.79 Å².